The first kappa shape index (κ1) is 11.8. The standard InChI is InChI=1S/C12H12F2O3/c13-12(14)5-7(6-12)10(11(16)17)8-3-1-2-4-9(8)15/h1-4,7,10,15H,5-6H2,(H,16,17)/t10-/m1/s1. The number of benzene rings is 1. The largest absolute Gasteiger partial charge is 0.508 e. The zero-order chi connectivity index (χ0) is 12.6. The van der Waals surface area contributed by atoms with E-state index in [4.69, 9.17) is 5.11 Å². The number of aliphatic carboxylic acids is 1. The first-order valence-electron chi connectivity index (χ1n) is 5.29. The molecule has 3 nitrogen and oxygen atoms in total. The Morgan fingerprint density at radius 1 is 1.35 bits per heavy atom. The molecule has 1 aromatic carbocycles. The topological polar surface area (TPSA) is 57.5 Å². The quantitative estimate of drug-likeness (QED) is 0.856. The van der Waals surface area contributed by atoms with Crippen molar-refractivity contribution >= 4 is 5.97 Å². The third-order valence-electron chi connectivity index (χ3n) is 3.13. The summed E-state index contributed by atoms with van der Waals surface area (Å²) in [5.74, 6) is -5.77. The minimum atomic E-state index is -2.76. The number of carboxylic acid groups (broad SMARTS) is 1. The van der Waals surface area contributed by atoms with Crippen molar-refractivity contribution in [2.75, 3.05) is 0 Å². The summed E-state index contributed by atoms with van der Waals surface area (Å²) >= 11 is 0. The van der Waals surface area contributed by atoms with E-state index in [0.29, 0.717) is 0 Å². The van der Waals surface area contributed by atoms with Crippen molar-refractivity contribution < 1.29 is 23.8 Å². The molecule has 0 aromatic heterocycles. The Labute approximate surface area is 96.7 Å². The van der Waals surface area contributed by atoms with E-state index < -0.39 is 36.6 Å². The van der Waals surface area contributed by atoms with Crippen LogP contribution < -0.4 is 0 Å². The number of aromatic hydroxyl groups is 1. The number of hydrogen-bond donors (Lipinski definition) is 2. The maximum atomic E-state index is 12.8. The summed E-state index contributed by atoms with van der Waals surface area (Å²) in [5, 5.41) is 18.7. The van der Waals surface area contributed by atoms with Gasteiger partial charge in [-0.1, -0.05) is 18.2 Å². The van der Waals surface area contributed by atoms with E-state index in [0.717, 1.165) is 0 Å². The fourth-order valence-corrected chi connectivity index (χ4v) is 2.28. The second kappa shape index (κ2) is 3.98. The molecule has 2 rings (SSSR count). The predicted octanol–water partition coefficient (Wildman–Crippen LogP) is 2.61. The van der Waals surface area contributed by atoms with Gasteiger partial charge in [-0.25, -0.2) is 8.78 Å². The molecule has 5 heteroatoms. The molecule has 0 heterocycles. The lowest BCUT2D eigenvalue weighted by molar-refractivity contribution is -0.151. The Balaban J connectivity index is 2.26. The summed E-state index contributed by atoms with van der Waals surface area (Å²) in [4.78, 5) is 11.1. The lowest BCUT2D eigenvalue weighted by Crippen LogP contribution is -2.41. The van der Waals surface area contributed by atoms with Crippen LogP contribution in [0.1, 0.15) is 24.3 Å². The summed E-state index contributed by atoms with van der Waals surface area (Å²) in [6.07, 6.45) is -0.864. The van der Waals surface area contributed by atoms with Gasteiger partial charge in [-0.15, -0.1) is 0 Å². The van der Waals surface area contributed by atoms with E-state index in [1.165, 1.54) is 12.1 Å². The maximum absolute atomic E-state index is 12.8. The number of carbonyl (C=O) groups is 1. The van der Waals surface area contributed by atoms with Crippen LogP contribution in [0.3, 0.4) is 0 Å². The molecule has 1 atom stereocenters. The Bertz CT molecular complexity index is 437. The van der Waals surface area contributed by atoms with Gasteiger partial charge in [0, 0.05) is 18.4 Å². The molecule has 92 valence electrons. The molecule has 1 aliphatic carbocycles. The highest BCUT2D eigenvalue weighted by atomic mass is 19.3. The van der Waals surface area contributed by atoms with Crippen LogP contribution in [-0.2, 0) is 4.79 Å². The Kier molecular flexibility index (Phi) is 2.77. The fraction of sp³-hybridized carbons (Fsp3) is 0.417. The van der Waals surface area contributed by atoms with Gasteiger partial charge in [0.1, 0.15) is 5.75 Å². The smallest absolute Gasteiger partial charge is 0.311 e. The van der Waals surface area contributed by atoms with Gasteiger partial charge in [-0.2, -0.15) is 0 Å². The molecule has 2 N–H and O–H groups in total. The maximum Gasteiger partial charge on any atom is 0.311 e. The second-order valence-electron chi connectivity index (χ2n) is 4.40. The van der Waals surface area contributed by atoms with E-state index in [9.17, 15) is 18.7 Å². The Morgan fingerprint density at radius 3 is 2.41 bits per heavy atom. The third kappa shape index (κ3) is 2.23. The van der Waals surface area contributed by atoms with Gasteiger partial charge in [0.15, 0.2) is 0 Å². The van der Waals surface area contributed by atoms with Crippen molar-refractivity contribution in [1.29, 1.82) is 0 Å². The minimum Gasteiger partial charge on any atom is -0.508 e. The van der Waals surface area contributed by atoms with Crippen molar-refractivity contribution in [3.63, 3.8) is 0 Å². The normalized spacial score (nSPS) is 20.6. The van der Waals surface area contributed by atoms with Crippen LogP contribution in [0.25, 0.3) is 0 Å². The van der Waals surface area contributed by atoms with Crippen LogP contribution in [-0.4, -0.2) is 22.1 Å². The van der Waals surface area contributed by atoms with Crippen molar-refractivity contribution in [2.24, 2.45) is 5.92 Å². The first-order chi connectivity index (χ1) is 7.91. The van der Waals surface area contributed by atoms with Crippen molar-refractivity contribution in [2.45, 2.75) is 24.7 Å². The summed E-state index contributed by atoms with van der Waals surface area (Å²) in [6, 6.07) is 5.97. The molecule has 1 fully saturated rings. The van der Waals surface area contributed by atoms with E-state index >= 15 is 0 Å². The summed E-state index contributed by atoms with van der Waals surface area (Å²) < 4.78 is 25.5. The van der Waals surface area contributed by atoms with Crippen molar-refractivity contribution in [3.05, 3.63) is 29.8 Å². The molecule has 0 spiro atoms. The number of para-hydroxylation sites is 1. The molecule has 0 saturated heterocycles. The van der Waals surface area contributed by atoms with Crippen LogP contribution in [0.2, 0.25) is 0 Å². The minimum absolute atomic E-state index is 0.157. The highest BCUT2D eigenvalue weighted by Crippen LogP contribution is 2.50. The average Bonchev–Trinajstić information content (AvgIpc) is 2.18. The molecule has 1 aromatic rings. The van der Waals surface area contributed by atoms with Crippen LogP contribution in [0.4, 0.5) is 8.78 Å². The fourth-order valence-electron chi connectivity index (χ4n) is 2.28. The van der Waals surface area contributed by atoms with E-state index in [1.807, 2.05) is 0 Å². The number of alkyl halides is 2. The second-order valence-corrected chi connectivity index (χ2v) is 4.40. The predicted molar refractivity (Wildman–Crippen MR) is 56.2 cm³/mol. The molecule has 0 unspecified atom stereocenters. The molecule has 1 aliphatic rings. The first-order valence-corrected chi connectivity index (χ1v) is 5.29. The SMILES string of the molecule is O=C(O)[C@@H](c1ccccc1O)C1CC(F)(F)C1. The molecular formula is C12H12F2O3. The number of rotatable bonds is 3. The van der Waals surface area contributed by atoms with Crippen LogP contribution >= 0.6 is 0 Å². The highest BCUT2D eigenvalue weighted by Gasteiger charge is 2.51. The van der Waals surface area contributed by atoms with Crippen LogP contribution in [0.15, 0.2) is 24.3 Å². The Hall–Kier alpha value is -1.65. The van der Waals surface area contributed by atoms with Gasteiger partial charge in [-0.3, -0.25) is 4.79 Å². The monoisotopic (exact) mass is 242 g/mol. The molecule has 0 amide bonds. The van der Waals surface area contributed by atoms with Gasteiger partial charge >= 0.3 is 5.97 Å². The Morgan fingerprint density at radius 2 is 1.94 bits per heavy atom. The van der Waals surface area contributed by atoms with Gasteiger partial charge in [0.25, 0.3) is 0 Å². The number of phenols is 1. The summed E-state index contributed by atoms with van der Waals surface area (Å²) in [5.41, 5.74) is 0.209. The highest BCUT2D eigenvalue weighted by molar-refractivity contribution is 5.77. The number of phenolic OH excluding ortho intramolecular Hbond substituents is 1. The molecule has 0 radical (unpaired) electrons. The van der Waals surface area contributed by atoms with Crippen molar-refractivity contribution in [3.8, 4) is 5.75 Å². The van der Waals surface area contributed by atoms with Crippen LogP contribution in [0.5, 0.6) is 5.75 Å². The number of hydrogen-bond acceptors (Lipinski definition) is 2. The lowest BCUT2D eigenvalue weighted by Gasteiger charge is -2.38. The molecule has 1 saturated carbocycles. The lowest BCUT2D eigenvalue weighted by atomic mass is 9.70. The van der Waals surface area contributed by atoms with E-state index in [1.54, 1.807) is 12.1 Å². The molecular weight excluding hydrogens is 230 g/mol. The van der Waals surface area contributed by atoms with Gasteiger partial charge in [0.05, 0.1) is 5.92 Å². The average molecular weight is 242 g/mol. The van der Waals surface area contributed by atoms with Crippen LogP contribution in [0, 0.1) is 5.92 Å². The zero-order valence-electron chi connectivity index (χ0n) is 8.94. The van der Waals surface area contributed by atoms with Gasteiger partial charge in [-0.05, 0) is 12.0 Å². The summed E-state index contributed by atoms with van der Waals surface area (Å²) in [6.45, 7) is 0. The molecule has 0 aliphatic heterocycles. The zero-order valence-corrected chi connectivity index (χ0v) is 8.94. The number of halogens is 2. The van der Waals surface area contributed by atoms with E-state index in [-0.39, 0.29) is 11.3 Å². The van der Waals surface area contributed by atoms with Gasteiger partial charge in [0.2, 0.25) is 5.92 Å². The van der Waals surface area contributed by atoms with E-state index in [2.05, 4.69) is 0 Å². The molecule has 0 bridgehead atoms. The molecule has 17 heavy (non-hydrogen) atoms. The third-order valence-corrected chi connectivity index (χ3v) is 3.13. The van der Waals surface area contributed by atoms with Gasteiger partial charge < -0.3 is 10.2 Å². The van der Waals surface area contributed by atoms with Crippen molar-refractivity contribution in [1.82, 2.24) is 0 Å². The summed E-state index contributed by atoms with van der Waals surface area (Å²) in [7, 11) is 0. The number of carboxylic acids is 1.